The van der Waals surface area contributed by atoms with E-state index < -0.39 is 0 Å². The molecule has 0 bridgehead atoms. The lowest BCUT2D eigenvalue weighted by Gasteiger charge is -1.95. The molecular formula is C8H12MgO2. The predicted molar refractivity (Wildman–Crippen MR) is 47.8 cm³/mol. The lowest BCUT2D eigenvalue weighted by Crippen LogP contribution is -1.99. The summed E-state index contributed by atoms with van der Waals surface area (Å²) in [7, 11) is 1.37. The standard InChI is InChI=1S/C8H8O2.Mg.2H2/c1-10-8(9)7-5-3-2-4-6-7;;;/h2-6H,1H3;;2*1H. The van der Waals surface area contributed by atoms with Gasteiger partial charge in [0.05, 0.1) is 12.7 Å². The molecule has 0 aliphatic carbocycles. The molecule has 1 aromatic carbocycles. The van der Waals surface area contributed by atoms with Crippen molar-refractivity contribution in [1.29, 1.82) is 0 Å². The summed E-state index contributed by atoms with van der Waals surface area (Å²) in [4.78, 5) is 10.8. The van der Waals surface area contributed by atoms with Gasteiger partial charge >= 0.3 is 5.97 Å². The summed E-state index contributed by atoms with van der Waals surface area (Å²) in [5, 5.41) is 0. The highest BCUT2D eigenvalue weighted by Gasteiger charge is 2.00. The van der Waals surface area contributed by atoms with E-state index in [1.54, 1.807) is 24.3 Å². The van der Waals surface area contributed by atoms with E-state index in [0.717, 1.165) is 0 Å². The largest absolute Gasteiger partial charge is 0.465 e. The van der Waals surface area contributed by atoms with E-state index in [1.165, 1.54) is 7.11 Å². The second kappa shape index (κ2) is 5.15. The minimum atomic E-state index is -0.291. The zero-order valence-electron chi connectivity index (χ0n) is 6.41. The molecule has 2 nitrogen and oxygen atoms in total. The number of hydrogen-bond donors (Lipinski definition) is 0. The summed E-state index contributed by atoms with van der Waals surface area (Å²) in [5.74, 6) is -0.291. The van der Waals surface area contributed by atoms with E-state index in [9.17, 15) is 4.79 Å². The van der Waals surface area contributed by atoms with E-state index in [-0.39, 0.29) is 31.9 Å². The van der Waals surface area contributed by atoms with Crippen LogP contribution in [0.4, 0.5) is 0 Å². The highest BCUT2D eigenvalue weighted by Crippen LogP contribution is 1.98. The second-order valence-electron chi connectivity index (χ2n) is 1.86. The van der Waals surface area contributed by atoms with Gasteiger partial charge in [-0.1, -0.05) is 18.2 Å². The van der Waals surface area contributed by atoms with Gasteiger partial charge in [0.1, 0.15) is 0 Å². The molecule has 0 saturated carbocycles. The SMILES string of the molecule is COC(=O)c1ccccc1.[HH].[HH].[Mg]. The van der Waals surface area contributed by atoms with Gasteiger partial charge in [-0.3, -0.25) is 0 Å². The van der Waals surface area contributed by atoms with Crippen molar-refractivity contribution in [2.24, 2.45) is 0 Å². The van der Waals surface area contributed by atoms with Crippen LogP contribution in [0.25, 0.3) is 0 Å². The van der Waals surface area contributed by atoms with E-state index >= 15 is 0 Å². The van der Waals surface area contributed by atoms with Crippen LogP contribution >= 0.6 is 0 Å². The third kappa shape index (κ3) is 2.90. The highest BCUT2D eigenvalue weighted by molar-refractivity contribution is 5.89. The quantitative estimate of drug-likeness (QED) is 0.465. The molecule has 0 spiro atoms. The summed E-state index contributed by atoms with van der Waals surface area (Å²) in [6.07, 6.45) is 0. The van der Waals surface area contributed by atoms with E-state index in [1.807, 2.05) is 6.07 Å². The monoisotopic (exact) mass is 164 g/mol. The molecule has 58 valence electrons. The van der Waals surface area contributed by atoms with Crippen LogP contribution in [-0.2, 0) is 4.74 Å². The molecular weight excluding hydrogens is 152 g/mol. The van der Waals surface area contributed by atoms with E-state index in [4.69, 9.17) is 0 Å². The fourth-order valence-electron chi connectivity index (χ4n) is 0.692. The molecule has 0 aliphatic heterocycles. The highest BCUT2D eigenvalue weighted by atomic mass is 24.3. The Morgan fingerprint density at radius 1 is 1.36 bits per heavy atom. The second-order valence-corrected chi connectivity index (χ2v) is 1.86. The van der Waals surface area contributed by atoms with Crippen molar-refractivity contribution in [3.63, 3.8) is 0 Å². The van der Waals surface area contributed by atoms with Crippen LogP contribution in [0.3, 0.4) is 0 Å². The fraction of sp³-hybridized carbons (Fsp3) is 0.125. The first-order chi connectivity index (χ1) is 4.84. The molecule has 0 amide bonds. The molecule has 0 N–H and O–H groups in total. The number of hydrogen-bond acceptors (Lipinski definition) is 2. The zero-order valence-corrected chi connectivity index (χ0v) is 7.82. The van der Waals surface area contributed by atoms with Gasteiger partial charge in [0.25, 0.3) is 0 Å². The number of carbonyl (C=O) groups is 1. The molecule has 11 heavy (non-hydrogen) atoms. The summed E-state index contributed by atoms with van der Waals surface area (Å²) in [5.41, 5.74) is 0.588. The van der Waals surface area contributed by atoms with Gasteiger partial charge in [0.15, 0.2) is 0 Å². The Balaban J connectivity index is -0.000000333. The molecule has 2 radical (unpaired) electrons. The molecule has 0 aliphatic rings. The van der Waals surface area contributed by atoms with Crippen LogP contribution in [0.5, 0.6) is 0 Å². The normalized spacial score (nSPS) is 8.09. The van der Waals surface area contributed by atoms with Crippen LogP contribution in [0.1, 0.15) is 13.2 Å². The number of carbonyl (C=O) groups excluding carboxylic acids is 1. The van der Waals surface area contributed by atoms with Crippen LogP contribution in [-0.4, -0.2) is 36.1 Å². The predicted octanol–water partition coefficient (Wildman–Crippen LogP) is 1.58. The molecule has 0 unspecified atom stereocenters. The van der Waals surface area contributed by atoms with Crippen molar-refractivity contribution < 1.29 is 12.4 Å². The minimum absolute atomic E-state index is 0. The van der Waals surface area contributed by atoms with Crippen LogP contribution in [0.15, 0.2) is 30.3 Å². The number of methoxy groups -OCH3 is 1. The first-order valence-corrected chi connectivity index (χ1v) is 2.98. The van der Waals surface area contributed by atoms with Crippen LogP contribution < -0.4 is 0 Å². The number of rotatable bonds is 1. The topological polar surface area (TPSA) is 26.3 Å². The molecule has 0 aromatic heterocycles. The first-order valence-electron chi connectivity index (χ1n) is 2.98. The first kappa shape index (κ1) is 10.5. The summed E-state index contributed by atoms with van der Waals surface area (Å²) in [6, 6.07) is 8.88. The molecule has 0 saturated heterocycles. The maximum absolute atomic E-state index is 10.8. The van der Waals surface area contributed by atoms with E-state index in [0.29, 0.717) is 5.56 Å². The Kier molecular flexibility index (Phi) is 4.90. The summed E-state index contributed by atoms with van der Waals surface area (Å²) < 4.78 is 4.50. The van der Waals surface area contributed by atoms with Crippen LogP contribution in [0, 0.1) is 0 Å². The molecule has 0 fully saturated rings. The lowest BCUT2D eigenvalue weighted by atomic mass is 10.2. The van der Waals surface area contributed by atoms with Crippen molar-refractivity contribution in [3.8, 4) is 0 Å². The third-order valence-electron chi connectivity index (χ3n) is 1.19. The average Bonchev–Trinajstić information content (AvgIpc) is 2.05. The molecule has 1 rings (SSSR count). The van der Waals surface area contributed by atoms with Crippen molar-refractivity contribution in [2.75, 3.05) is 7.11 Å². The van der Waals surface area contributed by atoms with Gasteiger partial charge in [0, 0.05) is 25.9 Å². The third-order valence-corrected chi connectivity index (χ3v) is 1.19. The Morgan fingerprint density at radius 2 is 1.91 bits per heavy atom. The molecule has 1 aromatic rings. The van der Waals surface area contributed by atoms with Gasteiger partial charge < -0.3 is 4.74 Å². The minimum Gasteiger partial charge on any atom is -0.465 e. The molecule has 3 heteroatoms. The Hall–Kier alpha value is -0.544. The van der Waals surface area contributed by atoms with Crippen molar-refractivity contribution >= 4 is 29.0 Å². The fourth-order valence-corrected chi connectivity index (χ4v) is 0.692. The van der Waals surface area contributed by atoms with Gasteiger partial charge in [-0.2, -0.15) is 0 Å². The van der Waals surface area contributed by atoms with Crippen molar-refractivity contribution in [2.45, 2.75) is 0 Å². The van der Waals surface area contributed by atoms with Gasteiger partial charge in [-0.25, -0.2) is 4.79 Å². The maximum Gasteiger partial charge on any atom is 0.337 e. The zero-order chi connectivity index (χ0) is 7.40. The summed E-state index contributed by atoms with van der Waals surface area (Å²) >= 11 is 0. The Morgan fingerprint density at radius 3 is 2.36 bits per heavy atom. The Bertz CT molecular complexity index is 229. The Labute approximate surface area is 84.7 Å². The van der Waals surface area contributed by atoms with Crippen molar-refractivity contribution in [3.05, 3.63) is 35.9 Å². The number of esters is 1. The van der Waals surface area contributed by atoms with Gasteiger partial charge in [-0.15, -0.1) is 0 Å². The van der Waals surface area contributed by atoms with Crippen molar-refractivity contribution in [1.82, 2.24) is 0 Å². The number of ether oxygens (including phenoxy) is 1. The van der Waals surface area contributed by atoms with Gasteiger partial charge in [-0.05, 0) is 12.1 Å². The molecule has 0 heterocycles. The lowest BCUT2D eigenvalue weighted by molar-refractivity contribution is 0.0601. The van der Waals surface area contributed by atoms with Gasteiger partial charge in [0.2, 0.25) is 0 Å². The smallest absolute Gasteiger partial charge is 0.337 e. The van der Waals surface area contributed by atoms with Crippen LogP contribution in [0.2, 0.25) is 0 Å². The average molecular weight is 164 g/mol. The van der Waals surface area contributed by atoms with E-state index in [2.05, 4.69) is 4.74 Å². The summed E-state index contributed by atoms with van der Waals surface area (Å²) in [6.45, 7) is 0. The number of benzene rings is 1. The maximum atomic E-state index is 10.8. The molecule has 0 atom stereocenters.